The fourth-order valence-corrected chi connectivity index (χ4v) is 3.89. The Hall–Kier alpha value is -3.85. The molecule has 0 aliphatic rings. The molecular formula is C22H19N5O3S. The van der Waals surface area contributed by atoms with Crippen LogP contribution in [0, 0.1) is 6.92 Å². The summed E-state index contributed by atoms with van der Waals surface area (Å²) in [7, 11) is 0. The number of hydrogen-bond donors (Lipinski definition) is 2. The Kier molecular flexibility index (Phi) is 5.59. The minimum atomic E-state index is -0.363. The topological polar surface area (TPSA) is 106 Å². The third-order valence-corrected chi connectivity index (χ3v) is 5.38. The molecule has 31 heavy (non-hydrogen) atoms. The van der Waals surface area contributed by atoms with Crippen LogP contribution in [0.2, 0.25) is 0 Å². The molecule has 4 rings (SSSR count). The van der Waals surface area contributed by atoms with E-state index >= 15 is 0 Å². The first-order valence-electron chi connectivity index (χ1n) is 9.49. The van der Waals surface area contributed by atoms with Crippen molar-refractivity contribution in [2.45, 2.75) is 20.4 Å². The quantitative estimate of drug-likeness (QED) is 0.502. The summed E-state index contributed by atoms with van der Waals surface area (Å²) < 4.78 is 1.28. The summed E-state index contributed by atoms with van der Waals surface area (Å²) >= 11 is 1.29. The fourth-order valence-electron chi connectivity index (χ4n) is 3.15. The highest BCUT2D eigenvalue weighted by molar-refractivity contribution is 7.14. The van der Waals surface area contributed by atoms with E-state index in [-0.39, 0.29) is 23.9 Å². The molecule has 8 nitrogen and oxygen atoms in total. The molecule has 0 saturated carbocycles. The van der Waals surface area contributed by atoms with Crippen molar-refractivity contribution in [3.05, 3.63) is 70.1 Å². The van der Waals surface area contributed by atoms with Gasteiger partial charge >= 0.3 is 0 Å². The monoisotopic (exact) mass is 433 g/mol. The molecule has 0 saturated heterocycles. The maximum atomic E-state index is 12.7. The van der Waals surface area contributed by atoms with E-state index < -0.39 is 0 Å². The van der Waals surface area contributed by atoms with Crippen molar-refractivity contribution in [1.82, 2.24) is 14.5 Å². The Labute approximate surface area is 181 Å². The van der Waals surface area contributed by atoms with Crippen LogP contribution in [-0.4, -0.2) is 26.3 Å². The molecule has 2 aromatic heterocycles. The maximum Gasteiger partial charge on any atom is 0.261 e. The van der Waals surface area contributed by atoms with Crippen LogP contribution in [0.3, 0.4) is 0 Å². The number of carbonyl (C=O) groups is 2. The molecule has 0 aliphatic heterocycles. The van der Waals surface area contributed by atoms with E-state index in [0.717, 1.165) is 11.1 Å². The Morgan fingerprint density at radius 2 is 1.87 bits per heavy atom. The molecule has 4 aromatic rings. The van der Waals surface area contributed by atoms with Gasteiger partial charge in [0.25, 0.3) is 5.56 Å². The summed E-state index contributed by atoms with van der Waals surface area (Å²) in [6, 6.07) is 12.6. The first-order chi connectivity index (χ1) is 14.9. The second kappa shape index (κ2) is 8.49. The number of anilines is 2. The highest BCUT2D eigenvalue weighted by Crippen LogP contribution is 2.26. The van der Waals surface area contributed by atoms with E-state index in [9.17, 15) is 14.4 Å². The summed E-state index contributed by atoms with van der Waals surface area (Å²) in [5.74, 6) is -0.500. The van der Waals surface area contributed by atoms with Crippen molar-refractivity contribution in [2.75, 3.05) is 10.6 Å². The average molecular weight is 433 g/mol. The SMILES string of the molecule is CC(=O)Nc1ccc(-c2csc(NC(=O)Cn3cnc4c(C)cccc4c3=O)n2)cc1. The summed E-state index contributed by atoms with van der Waals surface area (Å²) in [4.78, 5) is 45.0. The fraction of sp³-hybridized carbons (Fsp3) is 0.136. The second-order valence-corrected chi connectivity index (χ2v) is 7.85. The summed E-state index contributed by atoms with van der Waals surface area (Å²) in [5, 5.41) is 8.18. The number of fused-ring (bicyclic) bond motifs is 1. The normalized spacial score (nSPS) is 10.8. The average Bonchev–Trinajstić information content (AvgIpc) is 3.19. The number of para-hydroxylation sites is 1. The van der Waals surface area contributed by atoms with Crippen LogP contribution in [0.15, 0.2) is 59.0 Å². The molecule has 156 valence electrons. The first kappa shape index (κ1) is 20.4. The van der Waals surface area contributed by atoms with E-state index in [1.165, 1.54) is 29.2 Å². The highest BCUT2D eigenvalue weighted by atomic mass is 32.1. The Morgan fingerprint density at radius 1 is 1.10 bits per heavy atom. The van der Waals surface area contributed by atoms with Gasteiger partial charge < -0.3 is 10.6 Å². The number of aromatic nitrogens is 3. The van der Waals surface area contributed by atoms with Crippen molar-refractivity contribution in [1.29, 1.82) is 0 Å². The zero-order valence-corrected chi connectivity index (χ0v) is 17.7. The maximum absolute atomic E-state index is 12.7. The predicted octanol–water partition coefficient (Wildman–Crippen LogP) is 3.43. The van der Waals surface area contributed by atoms with Crippen molar-refractivity contribution in [2.24, 2.45) is 0 Å². The van der Waals surface area contributed by atoms with Gasteiger partial charge in [-0.1, -0.05) is 24.3 Å². The van der Waals surface area contributed by atoms with E-state index in [2.05, 4.69) is 20.6 Å². The third kappa shape index (κ3) is 4.51. The van der Waals surface area contributed by atoms with E-state index in [4.69, 9.17) is 0 Å². The van der Waals surface area contributed by atoms with Crippen molar-refractivity contribution < 1.29 is 9.59 Å². The number of aryl methyl sites for hydroxylation is 1. The minimum Gasteiger partial charge on any atom is -0.326 e. The lowest BCUT2D eigenvalue weighted by Gasteiger charge is -2.07. The van der Waals surface area contributed by atoms with Crippen molar-refractivity contribution >= 4 is 44.9 Å². The lowest BCUT2D eigenvalue weighted by molar-refractivity contribution is -0.117. The van der Waals surface area contributed by atoms with Gasteiger partial charge in [0.15, 0.2) is 5.13 Å². The molecule has 2 amide bonds. The van der Waals surface area contributed by atoms with E-state index in [1.807, 2.05) is 30.5 Å². The van der Waals surface area contributed by atoms with Crippen molar-refractivity contribution in [3.63, 3.8) is 0 Å². The number of nitrogens with zero attached hydrogens (tertiary/aromatic N) is 3. The van der Waals surface area contributed by atoms with Crippen molar-refractivity contribution in [3.8, 4) is 11.3 Å². The molecule has 0 spiro atoms. The van der Waals surface area contributed by atoms with Crippen LogP contribution in [0.25, 0.3) is 22.2 Å². The zero-order chi connectivity index (χ0) is 22.0. The molecule has 2 heterocycles. The van der Waals surface area contributed by atoms with Crippen LogP contribution < -0.4 is 16.2 Å². The highest BCUT2D eigenvalue weighted by Gasteiger charge is 2.12. The number of hydrogen-bond acceptors (Lipinski definition) is 6. The van der Waals surface area contributed by atoms with E-state index in [0.29, 0.717) is 27.4 Å². The largest absolute Gasteiger partial charge is 0.326 e. The number of thiazole rings is 1. The Morgan fingerprint density at radius 3 is 2.61 bits per heavy atom. The van der Waals surface area contributed by atoms with Gasteiger partial charge in [-0.2, -0.15) is 0 Å². The molecule has 2 aromatic carbocycles. The van der Waals surface area contributed by atoms with E-state index in [1.54, 1.807) is 24.3 Å². The second-order valence-electron chi connectivity index (χ2n) is 6.99. The number of rotatable bonds is 5. The minimum absolute atomic E-state index is 0.137. The molecule has 0 fully saturated rings. The van der Waals surface area contributed by atoms with Gasteiger partial charge in [-0.3, -0.25) is 19.0 Å². The van der Waals surface area contributed by atoms with Gasteiger partial charge in [-0.05, 0) is 30.7 Å². The molecule has 0 aliphatic carbocycles. The molecule has 0 bridgehead atoms. The number of carbonyl (C=O) groups excluding carboxylic acids is 2. The first-order valence-corrected chi connectivity index (χ1v) is 10.4. The summed E-state index contributed by atoms with van der Waals surface area (Å²) in [6.07, 6.45) is 1.39. The number of benzene rings is 2. The zero-order valence-electron chi connectivity index (χ0n) is 16.9. The Balaban J connectivity index is 1.46. The van der Waals surface area contributed by atoms with Gasteiger partial charge in [0.2, 0.25) is 11.8 Å². The third-order valence-electron chi connectivity index (χ3n) is 4.62. The molecule has 2 N–H and O–H groups in total. The lowest BCUT2D eigenvalue weighted by atomic mass is 10.1. The lowest BCUT2D eigenvalue weighted by Crippen LogP contribution is -2.28. The van der Waals surface area contributed by atoms with Gasteiger partial charge in [0.05, 0.1) is 22.9 Å². The smallest absolute Gasteiger partial charge is 0.261 e. The summed E-state index contributed by atoms with van der Waals surface area (Å²) in [5.41, 5.74) is 3.54. The Bertz CT molecular complexity index is 1340. The van der Waals surface area contributed by atoms with Crippen LogP contribution in [0.4, 0.5) is 10.8 Å². The van der Waals surface area contributed by atoms with Crippen LogP contribution in [0.1, 0.15) is 12.5 Å². The van der Waals surface area contributed by atoms with Gasteiger partial charge in [0, 0.05) is 23.6 Å². The molecule has 9 heteroatoms. The predicted molar refractivity (Wildman–Crippen MR) is 121 cm³/mol. The molecular weight excluding hydrogens is 414 g/mol. The van der Waals surface area contributed by atoms with Gasteiger partial charge in [-0.25, -0.2) is 9.97 Å². The summed E-state index contributed by atoms with van der Waals surface area (Å²) in [6.45, 7) is 3.18. The van der Waals surface area contributed by atoms with Crippen LogP contribution in [0.5, 0.6) is 0 Å². The molecule has 0 unspecified atom stereocenters. The number of amides is 2. The van der Waals surface area contributed by atoms with Gasteiger partial charge in [-0.15, -0.1) is 11.3 Å². The number of nitrogens with one attached hydrogen (secondary N) is 2. The standard InChI is InChI=1S/C22H19N5O3S/c1-13-4-3-5-17-20(13)23-12-27(21(17)30)10-19(29)26-22-25-18(11-31-22)15-6-8-16(9-7-15)24-14(2)28/h3-9,11-12H,10H2,1-2H3,(H,24,28)(H,25,26,29). The molecule has 0 atom stereocenters. The van der Waals surface area contributed by atoms with Gasteiger partial charge in [0.1, 0.15) is 6.54 Å². The van der Waals surface area contributed by atoms with Crippen LogP contribution in [-0.2, 0) is 16.1 Å². The molecule has 0 radical (unpaired) electrons. The van der Waals surface area contributed by atoms with Crippen LogP contribution >= 0.6 is 11.3 Å².